The summed E-state index contributed by atoms with van der Waals surface area (Å²) in [6.07, 6.45) is 2.66. The van der Waals surface area contributed by atoms with Crippen molar-refractivity contribution in [2.45, 2.75) is 32.2 Å². The van der Waals surface area contributed by atoms with Crippen molar-refractivity contribution in [2.75, 3.05) is 20.2 Å². The normalized spacial score (nSPS) is 24.2. The van der Waals surface area contributed by atoms with Gasteiger partial charge in [0, 0.05) is 6.54 Å². The summed E-state index contributed by atoms with van der Waals surface area (Å²) < 4.78 is 4.74. The number of nitrogens with zero attached hydrogens (tertiary/aromatic N) is 2. The second-order valence-electron chi connectivity index (χ2n) is 3.91. The number of rotatable bonds is 3. The van der Waals surface area contributed by atoms with Crippen LogP contribution in [0.15, 0.2) is 0 Å². The van der Waals surface area contributed by atoms with E-state index in [9.17, 15) is 4.79 Å². The molecule has 1 aliphatic rings. The third kappa shape index (κ3) is 2.93. The summed E-state index contributed by atoms with van der Waals surface area (Å²) >= 11 is 0. The highest BCUT2D eigenvalue weighted by Crippen LogP contribution is 2.20. The maximum Gasteiger partial charge on any atom is 0.309 e. The molecule has 1 saturated heterocycles. The lowest BCUT2D eigenvalue weighted by Crippen LogP contribution is -2.44. The third-order valence-corrected chi connectivity index (χ3v) is 2.96. The van der Waals surface area contributed by atoms with Crippen molar-refractivity contribution in [1.82, 2.24) is 4.90 Å². The van der Waals surface area contributed by atoms with Crippen LogP contribution in [0.5, 0.6) is 0 Å². The predicted octanol–water partition coefficient (Wildman–Crippen LogP) is 1.17. The van der Waals surface area contributed by atoms with E-state index in [4.69, 9.17) is 10.00 Å². The summed E-state index contributed by atoms with van der Waals surface area (Å²) in [5.74, 6) is -0.196. The van der Waals surface area contributed by atoms with Crippen LogP contribution >= 0.6 is 0 Å². The molecule has 0 amide bonds. The molecule has 0 aromatic heterocycles. The number of carbonyl (C=O) groups excluding carboxylic acids is 1. The van der Waals surface area contributed by atoms with Gasteiger partial charge in [-0.25, -0.2) is 0 Å². The lowest BCUT2D eigenvalue weighted by Gasteiger charge is -2.33. The van der Waals surface area contributed by atoms with Crippen LogP contribution in [-0.2, 0) is 9.53 Å². The summed E-state index contributed by atoms with van der Waals surface area (Å²) in [6, 6.07) is 2.21. The highest BCUT2D eigenvalue weighted by atomic mass is 16.5. The Bertz CT molecular complexity index is 260. The second kappa shape index (κ2) is 5.72. The van der Waals surface area contributed by atoms with Crippen molar-refractivity contribution in [3.8, 4) is 6.07 Å². The van der Waals surface area contributed by atoms with Gasteiger partial charge in [0.05, 0.1) is 25.1 Å². The van der Waals surface area contributed by atoms with Crippen LogP contribution < -0.4 is 0 Å². The number of ether oxygens (including phenoxy) is 1. The Hall–Kier alpha value is -1.08. The topological polar surface area (TPSA) is 53.3 Å². The molecule has 2 unspecified atom stereocenters. The predicted molar refractivity (Wildman–Crippen MR) is 56.0 cm³/mol. The lowest BCUT2D eigenvalue weighted by atomic mass is 9.96. The molecule has 0 radical (unpaired) electrons. The molecule has 15 heavy (non-hydrogen) atoms. The van der Waals surface area contributed by atoms with Gasteiger partial charge in [-0.2, -0.15) is 5.26 Å². The highest BCUT2D eigenvalue weighted by molar-refractivity contribution is 5.72. The molecule has 0 aromatic rings. The van der Waals surface area contributed by atoms with Crippen LogP contribution in [0, 0.1) is 17.2 Å². The Balaban J connectivity index is 2.56. The van der Waals surface area contributed by atoms with E-state index < -0.39 is 0 Å². The molecule has 0 N–H and O–H groups in total. The fraction of sp³-hybridized carbons (Fsp3) is 0.818. The average Bonchev–Trinajstić information content (AvgIpc) is 2.30. The maximum atomic E-state index is 11.4. The van der Waals surface area contributed by atoms with E-state index in [1.165, 1.54) is 7.11 Å². The second-order valence-corrected chi connectivity index (χ2v) is 3.91. The van der Waals surface area contributed by atoms with Crippen molar-refractivity contribution in [3.05, 3.63) is 0 Å². The van der Waals surface area contributed by atoms with Gasteiger partial charge in [-0.05, 0) is 25.8 Å². The third-order valence-electron chi connectivity index (χ3n) is 2.96. The van der Waals surface area contributed by atoms with Crippen LogP contribution in [0.25, 0.3) is 0 Å². The first-order chi connectivity index (χ1) is 7.22. The van der Waals surface area contributed by atoms with Gasteiger partial charge in [0.1, 0.15) is 0 Å². The standard InChI is InChI=1S/C11H18N2O2/c1-3-10(7-12)13-6-4-5-9(8-13)11(14)15-2/h9-10H,3-6,8H2,1-2H3. The Morgan fingerprint density at radius 2 is 2.47 bits per heavy atom. The zero-order valence-corrected chi connectivity index (χ0v) is 9.40. The molecule has 1 fully saturated rings. The van der Waals surface area contributed by atoms with Crippen molar-refractivity contribution >= 4 is 5.97 Å². The highest BCUT2D eigenvalue weighted by Gasteiger charge is 2.29. The molecule has 0 spiro atoms. The molecule has 2 atom stereocenters. The van der Waals surface area contributed by atoms with E-state index in [-0.39, 0.29) is 17.9 Å². The number of hydrogen-bond donors (Lipinski definition) is 0. The molecule has 0 saturated carbocycles. The zero-order chi connectivity index (χ0) is 11.3. The maximum absolute atomic E-state index is 11.4. The Kier molecular flexibility index (Phi) is 4.57. The van der Waals surface area contributed by atoms with E-state index in [0.717, 1.165) is 25.8 Å². The summed E-state index contributed by atoms with van der Waals surface area (Å²) in [5, 5.41) is 8.95. The number of methoxy groups -OCH3 is 1. The molecular formula is C11H18N2O2. The lowest BCUT2D eigenvalue weighted by molar-refractivity contribution is -0.147. The molecule has 4 heteroatoms. The van der Waals surface area contributed by atoms with Gasteiger partial charge in [-0.1, -0.05) is 6.92 Å². The number of likely N-dealkylation sites (tertiary alicyclic amines) is 1. The number of esters is 1. The molecule has 1 aliphatic heterocycles. The largest absolute Gasteiger partial charge is 0.469 e. The van der Waals surface area contributed by atoms with Crippen molar-refractivity contribution in [2.24, 2.45) is 5.92 Å². The Morgan fingerprint density at radius 3 is 3.00 bits per heavy atom. The smallest absolute Gasteiger partial charge is 0.309 e. The molecule has 84 valence electrons. The fourth-order valence-corrected chi connectivity index (χ4v) is 2.08. The van der Waals surface area contributed by atoms with Gasteiger partial charge >= 0.3 is 5.97 Å². The van der Waals surface area contributed by atoms with E-state index in [0.29, 0.717) is 6.54 Å². The molecule has 1 rings (SSSR count). The average molecular weight is 210 g/mol. The van der Waals surface area contributed by atoms with Gasteiger partial charge in [-0.3, -0.25) is 9.69 Å². The molecule has 0 aliphatic carbocycles. The first kappa shape index (κ1) is 12.0. The van der Waals surface area contributed by atoms with E-state index >= 15 is 0 Å². The molecule has 0 aromatic carbocycles. The summed E-state index contributed by atoms with van der Waals surface area (Å²) in [5.41, 5.74) is 0. The number of nitriles is 1. The minimum absolute atomic E-state index is 0.0499. The number of piperidine rings is 1. The van der Waals surface area contributed by atoms with Crippen LogP contribution in [-0.4, -0.2) is 37.1 Å². The Morgan fingerprint density at radius 1 is 1.73 bits per heavy atom. The van der Waals surface area contributed by atoms with Gasteiger partial charge < -0.3 is 4.74 Å². The van der Waals surface area contributed by atoms with Gasteiger partial charge in [0.25, 0.3) is 0 Å². The van der Waals surface area contributed by atoms with Crippen LogP contribution in [0.1, 0.15) is 26.2 Å². The number of hydrogen-bond acceptors (Lipinski definition) is 4. The van der Waals surface area contributed by atoms with Gasteiger partial charge in [-0.15, -0.1) is 0 Å². The fourth-order valence-electron chi connectivity index (χ4n) is 2.08. The van der Waals surface area contributed by atoms with Crippen LogP contribution in [0.4, 0.5) is 0 Å². The van der Waals surface area contributed by atoms with Crippen LogP contribution in [0.3, 0.4) is 0 Å². The molecular weight excluding hydrogens is 192 g/mol. The van der Waals surface area contributed by atoms with Crippen LogP contribution in [0.2, 0.25) is 0 Å². The van der Waals surface area contributed by atoms with E-state index in [1.807, 2.05) is 6.92 Å². The first-order valence-electron chi connectivity index (χ1n) is 5.44. The van der Waals surface area contributed by atoms with Gasteiger partial charge in [0.2, 0.25) is 0 Å². The Labute approximate surface area is 90.8 Å². The number of carbonyl (C=O) groups is 1. The van der Waals surface area contributed by atoms with Crippen molar-refractivity contribution < 1.29 is 9.53 Å². The van der Waals surface area contributed by atoms with Crippen molar-refractivity contribution in [3.63, 3.8) is 0 Å². The zero-order valence-electron chi connectivity index (χ0n) is 9.40. The van der Waals surface area contributed by atoms with Crippen molar-refractivity contribution in [1.29, 1.82) is 5.26 Å². The molecule has 4 nitrogen and oxygen atoms in total. The molecule has 1 heterocycles. The van der Waals surface area contributed by atoms with Gasteiger partial charge in [0.15, 0.2) is 0 Å². The minimum Gasteiger partial charge on any atom is -0.469 e. The summed E-state index contributed by atoms with van der Waals surface area (Å²) in [4.78, 5) is 13.5. The SMILES string of the molecule is CCC(C#N)N1CCCC(C(=O)OC)C1. The van der Waals surface area contributed by atoms with E-state index in [2.05, 4.69) is 11.0 Å². The quantitative estimate of drug-likeness (QED) is 0.656. The monoisotopic (exact) mass is 210 g/mol. The molecule has 0 bridgehead atoms. The summed E-state index contributed by atoms with van der Waals surface area (Å²) in [6.45, 7) is 3.58. The summed E-state index contributed by atoms with van der Waals surface area (Å²) in [7, 11) is 1.42. The van der Waals surface area contributed by atoms with E-state index in [1.54, 1.807) is 0 Å². The minimum atomic E-state index is -0.146. The first-order valence-corrected chi connectivity index (χ1v) is 5.44.